The molecule has 0 aliphatic rings. The Bertz CT molecular complexity index is 475. The molecule has 0 saturated carbocycles. The minimum Gasteiger partial charge on any atom is -0.478 e. The summed E-state index contributed by atoms with van der Waals surface area (Å²) in [6.07, 6.45) is 1.65. The number of carboxylic acid groups (broad SMARTS) is 1. The van der Waals surface area contributed by atoms with E-state index in [1.807, 2.05) is 25.1 Å². The number of thioether (sulfide) groups is 1. The third kappa shape index (κ3) is 5.59. The fourth-order valence-electron chi connectivity index (χ4n) is 2.16. The molecule has 21 heavy (non-hydrogen) atoms. The van der Waals surface area contributed by atoms with Gasteiger partial charge in [-0.2, -0.15) is 0 Å². The molecule has 0 aliphatic carbocycles. The summed E-state index contributed by atoms with van der Waals surface area (Å²) < 4.78 is 0. The Labute approximate surface area is 131 Å². The molecule has 0 aromatic heterocycles. The number of aliphatic hydroxyl groups is 1. The first-order chi connectivity index (χ1) is 9.91. The van der Waals surface area contributed by atoms with Gasteiger partial charge in [-0.05, 0) is 36.1 Å². The highest BCUT2D eigenvalue weighted by Crippen LogP contribution is 2.30. The average Bonchev–Trinajstić information content (AvgIpc) is 2.43. The standard InChI is InChI=1S/C16H25NO3S/c1-4-21-13-8-5-7-12(14(13)15(19)20)17-11-16(2,3)9-6-10-18/h5,7-8,17-18H,4,6,9-11H2,1-3H3,(H,19,20). The van der Waals surface area contributed by atoms with Gasteiger partial charge in [0.05, 0.1) is 5.56 Å². The first-order valence-electron chi connectivity index (χ1n) is 7.25. The van der Waals surface area contributed by atoms with Crippen LogP contribution in [0.1, 0.15) is 44.0 Å². The number of benzene rings is 1. The maximum absolute atomic E-state index is 11.5. The van der Waals surface area contributed by atoms with Crippen LogP contribution in [0.25, 0.3) is 0 Å². The molecule has 118 valence electrons. The van der Waals surface area contributed by atoms with E-state index in [4.69, 9.17) is 5.11 Å². The molecule has 0 unspecified atom stereocenters. The lowest BCUT2D eigenvalue weighted by Gasteiger charge is -2.26. The quantitative estimate of drug-likeness (QED) is 0.607. The topological polar surface area (TPSA) is 69.6 Å². The van der Waals surface area contributed by atoms with Crippen LogP contribution in [0.3, 0.4) is 0 Å². The fourth-order valence-corrected chi connectivity index (χ4v) is 2.98. The van der Waals surface area contributed by atoms with Crippen molar-refractivity contribution in [3.63, 3.8) is 0 Å². The van der Waals surface area contributed by atoms with Crippen molar-refractivity contribution in [2.45, 2.75) is 38.5 Å². The van der Waals surface area contributed by atoms with E-state index >= 15 is 0 Å². The van der Waals surface area contributed by atoms with Crippen molar-refractivity contribution in [3.05, 3.63) is 23.8 Å². The van der Waals surface area contributed by atoms with E-state index in [1.54, 1.807) is 0 Å². The van der Waals surface area contributed by atoms with Crippen LogP contribution in [-0.4, -0.2) is 35.1 Å². The predicted molar refractivity (Wildman–Crippen MR) is 88.4 cm³/mol. The van der Waals surface area contributed by atoms with Gasteiger partial charge in [0.2, 0.25) is 0 Å². The van der Waals surface area contributed by atoms with Crippen molar-refractivity contribution in [2.24, 2.45) is 5.41 Å². The Morgan fingerprint density at radius 1 is 1.38 bits per heavy atom. The number of anilines is 1. The van der Waals surface area contributed by atoms with E-state index in [1.165, 1.54) is 11.8 Å². The van der Waals surface area contributed by atoms with Gasteiger partial charge in [0, 0.05) is 23.7 Å². The number of rotatable bonds is 9. The zero-order valence-electron chi connectivity index (χ0n) is 13.0. The monoisotopic (exact) mass is 311 g/mol. The molecule has 3 N–H and O–H groups in total. The molecule has 1 aromatic rings. The van der Waals surface area contributed by atoms with E-state index < -0.39 is 5.97 Å². The van der Waals surface area contributed by atoms with Gasteiger partial charge in [-0.1, -0.05) is 26.8 Å². The van der Waals surface area contributed by atoms with E-state index in [-0.39, 0.29) is 12.0 Å². The molecule has 1 rings (SSSR count). The van der Waals surface area contributed by atoms with Crippen molar-refractivity contribution in [1.29, 1.82) is 0 Å². The summed E-state index contributed by atoms with van der Waals surface area (Å²) in [6.45, 7) is 7.09. The maximum Gasteiger partial charge on any atom is 0.338 e. The van der Waals surface area contributed by atoms with E-state index in [0.717, 1.165) is 23.5 Å². The highest BCUT2D eigenvalue weighted by atomic mass is 32.2. The Balaban J connectivity index is 2.88. The minimum absolute atomic E-state index is 0.00636. The normalized spacial score (nSPS) is 11.4. The third-order valence-corrected chi connectivity index (χ3v) is 4.25. The number of carbonyl (C=O) groups is 1. The van der Waals surface area contributed by atoms with Gasteiger partial charge >= 0.3 is 5.97 Å². The SMILES string of the molecule is CCSc1cccc(NCC(C)(C)CCCO)c1C(=O)O. The molecule has 5 heteroatoms. The number of hydrogen-bond donors (Lipinski definition) is 3. The van der Waals surface area contributed by atoms with Gasteiger partial charge in [-0.25, -0.2) is 4.79 Å². The third-order valence-electron chi connectivity index (χ3n) is 3.31. The molecule has 0 heterocycles. The first kappa shape index (κ1) is 17.9. The minimum atomic E-state index is -0.901. The van der Waals surface area contributed by atoms with Crippen molar-refractivity contribution in [2.75, 3.05) is 24.2 Å². The molecule has 4 nitrogen and oxygen atoms in total. The molecule has 0 atom stereocenters. The van der Waals surface area contributed by atoms with Gasteiger partial charge in [0.1, 0.15) is 0 Å². The molecule has 0 amide bonds. The fraction of sp³-hybridized carbons (Fsp3) is 0.562. The zero-order valence-corrected chi connectivity index (χ0v) is 13.8. The van der Waals surface area contributed by atoms with Gasteiger partial charge in [0.15, 0.2) is 0 Å². The summed E-state index contributed by atoms with van der Waals surface area (Å²) in [6, 6.07) is 5.54. The predicted octanol–water partition coefficient (Wildman–Crippen LogP) is 3.71. The molecule has 1 aromatic carbocycles. The van der Waals surface area contributed by atoms with Crippen molar-refractivity contribution in [3.8, 4) is 0 Å². The van der Waals surface area contributed by atoms with E-state index in [2.05, 4.69) is 19.2 Å². The lowest BCUT2D eigenvalue weighted by Crippen LogP contribution is -2.24. The molecule has 0 spiro atoms. The molecule has 0 radical (unpaired) electrons. The lowest BCUT2D eigenvalue weighted by atomic mass is 9.87. The van der Waals surface area contributed by atoms with Crippen LogP contribution in [0, 0.1) is 5.41 Å². The molecule has 0 fully saturated rings. The van der Waals surface area contributed by atoms with Crippen molar-refractivity contribution in [1.82, 2.24) is 0 Å². The van der Waals surface area contributed by atoms with Crippen LogP contribution in [0.5, 0.6) is 0 Å². The number of aromatic carboxylic acids is 1. The van der Waals surface area contributed by atoms with Gasteiger partial charge < -0.3 is 15.5 Å². The largest absolute Gasteiger partial charge is 0.478 e. The summed E-state index contributed by atoms with van der Waals surface area (Å²) in [7, 11) is 0. The second kappa shape index (κ2) is 8.29. The number of nitrogens with one attached hydrogen (secondary N) is 1. The Morgan fingerprint density at radius 2 is 2.10 bits per heavy atom. The summed E-state index contributed by atoms with van der Waals surface area (Å²) in [5.74, 6) is -0.0617. The van der Waals surface area contributed by atoms with Crippen LogP contribution in [0.2, 0.25) is 0 Å². The summed E-state index contributed by atoms with van der Waals surface area (Å²) >= 11 is 1.54. The Morgan fingerprint density at radius 3 is 2.67 bits per heavy atom. The number of hydrogen-bond acceptors (Lipinski definition) is 4. The number of carboxylic acids is 1. The maximum atomic E-state index is 11.5. The summed E-state index contributed by atoms with van der Waals surface area (Å²) in [4.78, 5) is 12.3. The van der Waals surface area contributed by atoms with Crippen molar-refractivity contribution < 1.29 is 15.0 Å². The Hall–Kier alpha value is -1.20. The van der Waals surface area contributed by atoms with Gasteiger partial charge in [0.25, 0.3) is 0 Å². The van der Waals surface area contributed by atoms with Crippen LogP contribution < -0.4 is 5.32 Å². The molecule has 0 aliphatic heterocycles. The highest BCUT2D eigenvalue weighted by molar-refractivity contribution is 7.99. The molecule has 0 saturated heterocycles. The first-order valence-corrected chi connectivity index (χ1v) is 8.23. The molecule has 0 bridgehead atoms. The number of aliphatic hydroxyl groups excluding tert-OH is 1. The van der Waals surface area contributed by atoms with Crippen LogP contribution in [0.4, 0.5) is 5.69 Å². The zero-order chi connectivity index (χ0) is 15.9. The Kier molecular flexibility index (Phi) is 7.05. The van der Waals surface area contributed by atoms with E-state index in [0.29, 0.717) is 17.8 Å². The lowest BCUT2D eigenvalue weighted by molar-refractivity contribution is 0.0694. The van der Waals surface area contributed by atoms with Crippen molar-refractivity contribution >= 4 is 23.4 Å². The van der Waals surface area contributed by atoms with Crippen LogP contribution >= 0.6 is 11.8 Å². The summed E-state index contributed by atoms with van der Waals surface area (Å²) in [5, 5.41) is 21.7. The van der Waals surface area contributed by atoms with Crippen LogP contribution in [0.15, 0.2) is 23.1 Å². The van der Waals surface area contributed by atoms with Gasteiger partial charge in [-0.3, -0.25) is 0 Å². The highest BCUT2D eigenvalue weighted by Gasteiger charge is 2.20. The second-order valence-corrected chi connectivity index (χ2v) is 7.07. The summed E-state index contributed by atoms with van der Waals surface area (Å²) in [5.41, 5.74) is 1.02. The van der Waals surface area contributed by atoms with Crippen LogP contribution in [-0.2, 0) is 0 Å². The second-order valence-electron chi connectivity index (χ2n) is 5.76. The smallest absolute Gasteiger partial charge is 0.338 e. The molecular formula is C16H25NO3S. The average molecular weight is 311 g/mol. The van der Waals surface area contributed by atoms with E-state index in [9.17, 15) is 9.90 Å². The van der Waals surface area contributed by atoms with Gasteiger partial charge in [-0.15, -0.1) is 11.8 Å². The molecular weight excluding hydrogens is 286 g/mol.